The molecule has 0 amide bonds. The van der Waals surface area contributed by atoms with Crippen LogP contribution < -0.4 is 9.47 Å². The van der Waals surface area contributed by atoms with E-state index in [-0.39, 0.29) is 23.3 Å². The Morgan fingerprint density at radius 3 is 2.29 bits per heavy atom. The van der Waals surface area contributed by atoms with Crippen molar-refractivity contribution in [2.45, 2.75) is 62.9 Å². The Bertz CT molecular complexity index is 1020. The average molecular weight is 505 g/mol. The lowest BCUT2D eigenvalue weighted by Crippen LogP contribution is -2.21. The Morgan fingerprint density at radius 1 is 0.943 bits per heavy atom. The quantitative estimate of drug-likeness (QED) is 0.296. The van der Waals surface area contributed by atoms with Crippen LogP contribution in [-0.2, 0) is 13.6 Å². The van der Waals surface area contributed by atoms with Gasteiger partial charge in [-0.05, 0) is 97.7 Å². The summed E-state index contributed by atoms with van der Waals surface area (Å²) < 4.78 is 49.6. The largest absolute Gasteiger partial charge is 0.497 e. The maximum atomic E-state index is 14.4. The van der Waals surface area contributed by atoms with Gasteiger partial charge in [0.25, 0.3) is 0 Å². The van der Waals surface area contributed by atoms with Crippen LogP contribution in [0.4, 0.5) is 4.39 Å². The first-order chi connectivity index (χ1) is 16.9. The fourth-order valence-corrected chi connectivity index (χ4v) is 7.25. The minimum atomic E-state index is -3.18. The number of hydrogen-bond donors (Lipinski definition) is 0. The van der Waals surface area contributed by atoms with E-state index in [1.54, 1.807) is 13.2 Å². The second-order valence-corrected chi connectivity index (χ2v) is 12.6. The predicted molar refractivity (Wildman–Crippen MR) is 136 cm³/mol. The molecule has 0 bridgehead atoms. The zero-order valence-corrected chi connectivity index (χ0v) is 22.1. The molecule has 0 saturated heterocycles. The first-order valence-electron chi connectivity index (χ1n) is 12.7. The van der Waals surface area contributed by atoms with Crippen LogP contribution in [0.15, 0.2) is 42.5 Å². The van der Waals surface area contributed by atoms with Crippen molar-refractivity contribution in [2.75, 3.05) is 27.9 Å². The number of rotatable bonds is 11. The molecule has 2 atom stereocenters. The van der Waals surface area contributed by atoms with Gasteiger partial charge in [0.2, 0.25) is 0 Å². The SMILES string of the molecule is COc1ccc(F)c([C@H]2CC[C@H](COc3cccc(C(C4CC4)C(C)P(=O)(OC)OC)c3)CC2)c1. The van der Waals surface area contributed by atoms with Crippen molar-refractivity contribution in [3.63, 3.8) is 0 Å². The van der Waals surface area contributed by atoms with E-state index in [0.29, 0.717) is 24.2 Å². The van der Waals surface area contributed by atoms with E-state index in [1.807, 2.05) is 25.1 Å². The van der Waals surface area contributed by atoms with Crippen molar-refractivity contribution in [1.29, 1.82) is 0 Å². The van der Waals surface area contributed by atoms with Gasteiger partial charge in [0.15, 0.2) is 0 Å². The van der Waals surface area contributed by atoms with Crippen molar-refractivity contribution < 1.29 is 27.5 Å². The molecule has 2 aromatic carbocycles. The van der Waals surface area contributed by atoms with Gasteiger partial charge >= 0.3 is 7.60 Å². The van der Waals surface area contributed by atoms with Gasteiger partial charge in [-0.3, -0.25) is 4.57 Å². The van der Waals surface area contributed by atoms with E-state index in [2.05, 4.69) is 12.1 Å². The lowest BCUT2D eigenvalue weighted by atomic mass is 9.79. The maximum Gasteiger partial charge on any atom is 0.333 e. The van der Waals surface area contributed by atoms with E-state index < -0.39 is 7.60 Å². The molecule has 0 spiro atoms. The topological polar surface area (TPSA) is 54.0 Å². The van der Waals surface area contributed by atoms with E-state index in [0.717, 1.165) is 55.4 Å². The summed E-state index contributed by atoms with van der Waals surface area (Å²) in [5.41, 5.74) is 1.66. The summed E-state index contributed by atoms with van der Waals surface area (Å²) in [6.07, 6.45) is 6.17. The zero-order chi connectivity index (χ0) is 25.0. The normalized spacial score (nSPS) is 22.4. The van der Waals surface area contributed by atoms with Gasteiger partial charge < -0.3 is 18.5 Å². The van der Waals surface area contributed by atoms with Crippen LogP contribution in [0.5, 0.6) is 11.5 Å². The van der Waals surface area contributed by atoms with Crippen LogP contribution in [0.1, 0.15) is 68.4 Å². The third kappa shape index (κ3) is 6.10. The number of hydrogen-bond acceptors (Lipinski definition) is 5. The lowest BCUT2D eigenvalue weighted by molar-refractivity contribution is 0.199. The number of halogens is 1. The number of methoxy groups -OCH3 is 1. The highest BCUT2D eigenvalue weighted by molar-refractivity contribution is 7.54. The summed E-state index contributed by atoms with van der Waals surface area (Å²) in [7, 11) is 1.36. The van der Waals surface area contributed by atoms with Crippen molar-refractivity contribution in [3.8, 4) is 11.5 Å². The molecule has 2 fully saturated rings. The van der Waals surface area contributed by atoms with Gasteiger partial charge in [-0.25, -0.2) is 4.39 Å². The molecule has 0 heterocycles. The van der Waals surface area contributed by atoms with Crippen molar-refractivity contribution in [2.24, 2.45) is 11.8 Å². The van der Waals surface area contributed by atoms with Gasteiger partial charge in [0.05, 0.1) is 19.4 Å². The minimum absolute atomic E-state index is 0.109. The lowest BCUT2D eigenvalue weighted by Gasteiger charge is -2.30. The van der Waals surface area contributed by atoms with E-state index in [1.165, 1.54) is 20.3 Å². The van der Waals surface area contributed by atoms with Crippen LogP contribution in [0.25, 0.3) is 0 Å². The Balaban J connectivity index is 1.36. The maximum absolute atomic E-state index is 14.4. The van der Waals surface area contributed by atoms with E-state index in [4.69, 9.17) is 18.5 Å². The van der Waals surface area contributed by atoms with Gasteiger partial charge in [-0.15, -0.1) is 0 Å². The molecule has 7 heteroatoms. The second kappa shape index (κ2) is 11.5. The summed E-state index contributed by atoms with van der Waals surface area (Å²) in [4.78, 5) is 0. The molecule has 0 aromatic heterocycles. The average Bonchev–Trinajstić information content (AvgIpc) is 3.73. The standard InChI is InChI=1S/C28H38FO5P/c1-19(35(30,32-3)33-4)28(22-12-13-22)23-6-5-7-25(16-23)34-18-20-8-10-21(11-9-20)26-17-24(31-2)14-15-27(26)29/h5-7,14-17,19-22,28H,8-13,18H2,1-4H3/t19?,20-,21-,28?. The molecule has 192 valence electrons. The Kier molecular flexibility index (Phi) is 8.57. The number of benzene rings is 2. The molecule has 0 radical (unpaired) electrons. The van der Waals surface area contributed by atoms with E-state index in [9.17, 15) is 8.96 Å². The van der Waals surface area contributed by atoms with Crippen LogP contribution in [0, 0.1) is 17.7 Å². The Hall–Kier alpha value is -1.88. The highest BCUT2D eigenvalue weighted by atomic mass is 31.2. The molecule has 2 aliphatic rings. The molecule has 35 heavy (non-hydrogen) atoms. The summed E-state index contributed by atoms with van der Waals surface area (Å²) in [6.45, 7) is 2.61. The van der Waals surface area contributed by atoms with Crippen molar-refractivity contribution in [1.82, 2.24) is 0 Å². The first-order valence-corrected chi connectivity index (χ1v) is 14.3. The molecule has 2 aliphatic carbocycles. The molecule has 5 nitrogen and oxygen atoms in total. The second-order valence-electron chi connectivity index (χ2n) is 10.00. The summed E-state index contributed by atoms with van der Waals surface area (Å²) >= 11 is 0. The molecular formula is C28H38FO5P. The predicted octanol–water partition coefficient (Wildman–Crippen LogP) is 7.56. The third-order valence-corrected chi connectivity index (χ3v) is 10.2. The van der Waals surface area contributed by atoms with Crippen molar-refractivity contribution >= 4 is 7.60 Å². The minimum Gasteiger partial charge on any atom is -0.497 e. The van der Waals surface area contributed by atoms with Crippen LogP contribution in [0.2, 0.25) is 0 Å². The van der Waals surface area contributed by atoms with Crippen molar-refractivity contribution in [3.05, 3.63) is 59.4 Å². The molecule has 2 aromatic rings. The summed E-state index contributed by atoms with van der Waals surface area (Å²) in [5.74, 6) is 2.67. The highest BCUT2D eigenvalue weighted by Crippen LogP contribution is 2.60. The van der Waals surface area contributed by atoms with Crippen LogP contribution >= 0.6 is 7.60 Å². The van der Waals surface area contributed by atoms with Gasteiger partial charge in [-0.1, -0.05) is 19.1 Å². The third-order valence-electron chi connectivity index (χ3n) is 7.88. The molecule has 4 rings (SSSR count). The highest BCUT2D eigenvalue weighted by Gasteiger charge is 2.44. The monoisotopic (exact) mass is 504 g/mol. The fourth-order valence-electron chi connectivity index (χ4n) is 5.63. The van der Waals surface area contributed by atoms with Crippen LogP contribution in [0.3, 0.4) is 0 Å². The summed E-state index contributed by atoms with van der Waals surface area (Å²) in [5, 5.41) is 0. The molecular weight excluding hydrogens is 466 g/mol. The summed E-state index contributed by atoms with van der Waals surface area (Å²) in [6, 6.07) is 13.2. The van der Waals surface area contributed by atoms with Gasteiger partial charge in [0.1, 0.15) is 17.3 Å². The molecule has 0 aliphatic heterocycles. The van der Waals surface area contributed by atoms with E-state index >= 15 is 0 Å². The van der Waals surface area contributed by atoms with Gasteiger partial charge in [0, 0.05) is 20.1 Å². The Morgan fingerprint density at radius 2 is 1.66 bits per heavy atom. The smallest absolute Gasteiger partial charge is 0.333 e. The molecule has 0 N–H and O–H groups in total. The fraction of sp³-hybridized carbons (Fsp3) is 0.571. The Labute approximate surface area is 208 Å². The van der Waals surface area contributed by atoms with Gasteiger partial charge in [-0.2, -0.15) is 0 Å². The number of ether oxygens (including phenoxy) is 2. The first kappa shape index (κ1) is 26.2. The zero-order valence-electron chi connectivity index (χ0n) is 21.2. The molecule has 2 saturated carbocycles. The molecule has 2 unspecified atom stereocenters. The van der Waals surface area contributed by atoms with Crippen LogP contribution in [-0.4, -0.2) is 33.6 Å².